The quantitative estimate of drug-likeness (QED) is 0.502. The zero-order chi connectivity index (χ0) is 20.5. The Balaban J connectivity index is 1.58. The van der Waals surface area contributed by atoms with Crippen LogP contribution in [0.15, 0.2) is 33.8 Å². The zero-order valence-electron chi connectivity index (χ0n) is 17.4. The lowest BCUT2D eigenvalue weighted by atomic mass is 10.0. The van der Waals surface area contributed by atoms with Gasteiger partial charge in [0.05, 0.1) is 26.4 Å². The third-order valence-corrected chi connectivity index (χ3v) is 4.87. The minimum Gasteiger partial charge on any atom is -0.497 e. The van der Waals surface area contributed by atoms with Crippen molar-refractivity contribution >= 4 is 5.96 Å². The maximum atomic E-state index is 5.53. The molecule has 0 bridgehead atoms. The summed E-state index contributed by atoms with van der Waals surface area (Å²) in [5, 5.41) is 10.6. The van der Waals surface area contributed by atoms with Crippen LogP contribution in [-0.4, -0.2) is 74.6 Å². The molecule has 2 heterocycles. The molecule has 1 saturated heterocycles. The van der Waals surface area contributed by atoms with Crippen LogP contribution in [0.4, 0.5) is 0 Å². The second-order valence-electron chi connectivity index (χ2n) is 6.80. The van der Waals surface area contributed by atoms with Gasteiger partial charge in [0, 0.05) is 39.6 Å². The van der Waals surface area contributed by atoms with Crippen molar-refractivity contribution in [1.82, 2.24) is 25.7 Å². The minimum atomic E-state index is 0.210. The average molecular weight is 402 g/mol. The fourth-order valence-corrected chi connectivity index (χ4v) is 3.32. The molecular weight excluding hydrogens is 372 g/mol. The molecule has 0 amide bonds. The van der Waals surface area contributed by atoms with Gasteiger partial charge in [-0.05, 0) is 24.6 Å². The Hall–Kier alpha value is -2.65. The SMILES string of the molecule is CN=C(NCCc1nc(C)no1)NCC(c1ccc(OC)cc1)N1CCOCC1. The second-order valence-corrected chi connectivity index (χ2v) is 6.80. The van der Waals surface area contributed by atoms with Crippen molar-refractivity contribution < 1.29 is 14.0 Å². The number of nitrogens with one attached hydrogen (secondary N) is 2. The van der Waals surface area contributed by atoms with Gasteiger partial charge < -0.3 is 24.6 Å². The highest BCUT2D eigenvalue weighted by Gasteiger charge is 2.23. The average Bonchev–Trinajstić information content (AvgIpc) is 3.18. The number of aromatic nitrogens is 2. The third kappa shape index (κ3) is 6.16. The van der Waals surface area contributed by atoms with Crippen LogP contribution < -0.4 is 15.4 Å². The molecule has 1 aromatic heterocycles. The van der Waals surface area contributed by atoms with E-state index < -0.39 is 0 Å². The van der Waals surface area contributed by atoms with Crippen LogP contribution in [0.25, 0.3) is 0 Å². The number of hydrogen-bond acceptors (Lipinski definition) is 7. The fourth-order valence-electron chi connectivity index (χ4n) is 3.32. The highest BCUT2D eigenvalue weighted by molar-refractivity contribution is 5.79. The first kappa shape index (κ1) is 21.1. The van der Waals surface area contributed by atoms with Crippen molar-refractivity contribution in [3.63, 3.8) is 0 Å². The Bertz CT molecular complexity index is 771. The van der Waals surface area contributed by atoms with Crippen molar-refractivity contribution in [1.29, 1.82) is 0 Å². The molecule has 9 heteroatoms. The Kier molecular flexibility index (Phi) is 7.83. The molecule has 1 unspecified atom stereocenters. The summed E-state index contributed by atoms with van der Waals surface area (Å²) in [5.74, 6) is 2.87. The van der Waals surface area contributed by atoms with Crippen molar-refractivity contribution in [2.24, 2.45) is 4.99 Å². The molecule has 0 saturated carbocycles. The molecule has 1 fully saturated rings. The third-order valence-electron chi connectivity index (χ3n) is 4.87. The Morgan fingerprint density at radius 1 is 1.24 bits per heavy atom. The Labute approximate surface area is 171 Å². The number of hydrogen-bond donors (Lipinski definition) is 2. The van der Waals surface area contributed by atoms with Gasteiger partial charge >= 0.3 is 0 Å². The molecule has 1 aliphatic heterocycles. The summed E-state index contributed by atoms with van der Waals surface area (Å²) in [4.78, 5) is 11.0. The van der Waals surface area contributed by atoms with E-state index in [1.165, 1.54) is 5.56 Å². The number of ether oxygens (including phenoxy) is 2. The summed E-state index contributed by atoms with van der Waals surface area (Å²) >= 11 is 0. The highest BCUT2D eigenvalue weighted by atomic mass is 16.5. The second kappa shape index (κ2) is 10.8. The Morgan fingerprint density at radius 2 is 2.00 bits per heavy atom. The lowest BCUT2D eigenvalue weighted by Gasteiger charge is -2.35. The summed E-state index contributed by atoms with van der Waals surface area (Å²) in [7, 11) is 3.45. The largest absolute Gasteiger partial charge is 0.497 e. The van der Waals surface area contributed by atoms with Gasteiger partial charge in [0.2, 0.25) is 5.89 Å². The van der Waals surface area contributed by atoms with Crippen molar-refractivity contribution in [3.05, 3.63) is 41.5 Å². The molecular formula is C20H30N6O3. The minimum absolute atomic E-state index is 0.210. The first-order chi connectivity index (χ1) is 14.2. The van der Waals surface area contributed by atoms with E-state index in [0.29, 0.717) is 24.7 Å². The van der Waals surface area contributed by atoms with Gasteiger partial charge in [-0.3, -0.25) is 9.89 Å². The number of aryl methyl sites for hydroxylation is 1. The van der Waals surface area contributed by atoms with Gasteiger partial charge in [0.1, 0.15) is 5.75 Å². The molecule has 3 rings (SSSR count). The van der Waals surface area contributed by atoms with Crippen LogP contribution in [0.5, 0.6) is 5.75 Å². The van der Waals surface area contributed by atoms with Gasteiger partial charge in [-0.1, -0.05) is 17.3 Å². The van der Waals surface area contributed by atoms with Crippen LogP contribution in [0.2, 0.25) is 0 Å². The van der Waals surface area contributed by atoms with Crippen LogP contribution in [0.1, 0.15) is 23.3 Å². The number of methoxy groups -OCH3 is 1. The Morgan fingerprint density at radius 3 is 2.62 bits per heavy atom. The maximum Gasteiger partial charge on any atom is 0.228 e. The van der Waals surface area contributed by atoms with Gasteiger partial charge in [-0.25, -0.2) is 0 Å². The predicted octanol–water partition coefficient (Wildman–Crippen LogP) is 1.17. The van der Waals surface area contributed by atoms with Gasteiger partial charge in [-0.2, -0.15) is 4.98 Å². The molecule has 2 N–H and O–H groups in total. The summed E-state index contributed by atoms with van der Waals surface area (Å²) in [6.07, 6.45) is 0.646. The molecule has 0 radical (unpaired) electrons. The number of nitrogens with zero attached hydrogens (tertiary/aromatic N) is 4. The topological polar surface area (TPSA) is 97.0 Å². The summed E-state index contributed by atoms with van der Waals surface area (Å²) in [5.41, 5.74) is 1.23. The number of rotatable bonds is 8. The molecule has 29 heavy (non-hydrogen) atoms. The summed E-state index contributed by atoms with van der Waals surface area (Å²) in [6.45, 7) is 6.51. The molecule has 1 atom stereocenters. The van der Waals surface area contributed by atoms with E-state index in [-0.39, 0.29) is 6.04 Å². The van der Waals surface area contributed by atoms with Crippen molar-refractivity contribution in [2.45, 2.75) is 19.4 Å². The molecule has 158 valence electrons. The number of guanidine groups is 1. The summed E-state index contributed by atoms with van der Waals surface area (Å²) < 4.78 is 16.0. The van der Waals surface area contributed by atoms with Crippen molar-refractivity contribution in [3.8, 4) is 5.75 Å². The monoisotopic (exact) mass is 402 g/mol. The van der Waals surface area contributed by atoms with Crippen molar-refractivity contribution in [2.75, 3.05) is 53.6 Å². The van der Waals surface area contributed by atoms with Crippen LogP contribution >= 0.6 is 0 Å². The predicted molar refractivity (Wildman–Crippen MR) is 110 cm³/mol. The molecule has 9 nitrogen and oxygen atoms in total. The zero-order valence-corrected chi connectivity index (χ0v) is 17.4. The van der Waals surface area contributed by atoms with Crippen LogP contribution in [-0.2, 0) is 11.2 Å². The first-order valence-corrected chi connectivity index (χ1v) is 9.89. The number of aliphatic imine (C=N–C) groups is 1. The molecule has 2 aromatic rings. The van der Waals surface area contributed by atoms with E-state index in [1.807, 2.05) is 19.1 Å². The van der Waals surface area contributed by atoms with Gasteiger partial charge in [0.25, 0.3) is 0 Å². The number of benzene rings is 1. The molecule has 0 spiro atoms. The maximum absolute atomic E-state index is 5.53. The molecule has 1 aliphatic rings. The van der Waals surface area contributed by atoms with Crippen LogP contribution in [0.3, 0.4) is 0 Å². The lowest BCUT2D eigenvalue weighted by Crippen LogP contribution is -2.46. The van der Waals surface area contributed by atoms with E-state index in [4.69, 9.17) is 14.0 Å². The lowest BCUT2D eigenvalue weighted by molar-refractivity contribution is 0.0170. The summed E-state index contributed by atoms with van der Waals surface area (Å²) in [6, 6.07) is 8.45. The molecule has 0 aliphatic carbocycles. The van der Waals surface area contributed by atoms with E-state index in [9.17, 15) is 0 Å². The molecule has 1 aromatic carbocycles. The first-order valence-electron chi connectivity index (χ1n) is 9.89. The number of morpholine rings is 1. The van der Waals surface area contributed by atoms with Gasteiger partial charge in [-0.15, -0.1) is 0 Å². The highest BCUT2D eigenvalue weighted by Crippen LogP contribution is 2.23. The standard InChI is InChI=1S/C20H30N6O3/c1-15-24-19(29-25-15)8-9-22-20(21-2)23-14-18(26-10-12-28-13-11-26)16-4-6-17(27-3)7-5-16/h4-7,18H,8-14H2,1-3H3,(H2,21,22,23). The van der Waals surface area contributed by atoms with E-state index in [2.05, 4.69) is 42.8 Å². The fraction of sp³-hybridized carbons (Fsp3) is 0.550. The van der Waals surface area contributed by atoms with Crippen LogP contribution in [0, 0.1) is 6.92 Å². The normalized spacial score (nSPS) is 16.4. The van der Waals surface area contributed by atoms with E-state index in [0.717, 1.165) is 44.6 Å². The smallest absolute Gasteiger partial charge is 0.228 e. The van der Waals surface area contributed by atoms with E-state index in [1.54, 1.807) is 14.2 Å². The van der Waals surface area contributed by atoms with Gasteiger partial charge in [0.15, 0.2) is 11.8 Å². The van der Waals surface area contributed by atoms with E-state index >= 15 is 0 Å².